The number of pyridine rings is 1. The molecule has 0 fully saturated rings. The Hall–Kier alpha value is -1.70. The number of anilines is 1. The molecule has 2 N–H and O–H groups in total. The van der Waals surface area contributed by atoms with E-state index in [0.29, 0.717) is 28.7 Å². The molecule has 0 aliphatic carbocycles. The van der Waals surface area contributed by atoms with Crippen molar-refractivity contribution in [3.8, 4) is 0 Å². The zero-order chi connectivity index (χ0) is 15.3. The van der Waals surface area contributed by atoms with Gasteiger partial charge in [0.15, 0.2) is 0 Å². The molecule has 1 unspecified atom stereocenters. The number of aliphatic carboxylic acids is 1. The summed E-state index contributed by atoms with van der Waals surface area (Å²) < 4.78 is 0.553. The first kappa shape index (κ1) is 16.4. The molecule has 110 valence electrons. The maximum atomic E-state index is 10.8. The third-order valence-corrected chi connectivity index (χ3v) is 3.82. The van der Waals surface area contributed by atoms with Gasteiger partial charge in [-0.25, -0.2) is 4.98 Å². The van der Waals surface area contributed by atoms with Crippen molar-refractivity contribution in [2.24, 2.45) is 0 Å². The molecule has 1 aromatic heterocycles. The number of rotatable bonds is 7. The van der Waals surface area contributed by atoms with Gasteiger partial charge in [0.1, 0.15) is 12.0 Å². The third kappa shape index (κ3) is 4.44. The van der Waals surface area contributed by atoms with E-state index in [1.807, 2.05) is 6.92 Å². The molecular weight excluding hydrogens is 330 g/mol. The van der Waals surface area contributed by atoms with Crippen LogP contribution in [0, 0.1) is 17.0 Å². The van der Waals surface area contributed by atoms with Gasteiger partial charge in [-0.15, -0.1) is 0 Å². The van der Waals surface area contributed by atoms with E-state index in [2.05, 4.69) is 26.2 Å². The van der Waals surface area contributed by atoms with Crippen LogP contribution >= 0.6 is 15.9 Å². The highest BCUT2D eigenvalue weighted by Crippen LogP contribution is 2.31. The quantitative estimate of drug-likeness (QED) is 0.580. The van der Waals surface area contributed by atoms with Crippen LogP contribution in [0.15, 0.2) is 10.7 Å². The Bertz CT molecular complexity index is 522. The predicted molar refractivity (Wildman–Crippen MR) is 77.9 cm³/mol. The predicted octanol–water partition coefficient (Wildman–Crippen LogP) is 3.12. The lowest BCUT2D eigenvalue weighted by Crippen LogP contribution is -2.17. The molecule has 0 spiro atoms. The van der Waals surface area contributed by atoms with Gasteiger partial charge in [-0.1, -0.05) is 0 Å². The fraction of sp³-hybridized carbons (Fsp3) is 0.500. The molecular formula is C12H16BrN3O4. The second kappa shape index (κ2) is 7.18. The van der Waals surface area contributed by atoms with Crippen molar-refractivity contribution < 1.29 is 14.8 Å². The molecule has 8 heteroatoms. The fourth-order valence-corrected chi connectivity index (χ4v) is 2.14. The Kier molecular flexibility index (Phi) is 5.87. The Balaban J connectivity index is 2.71. The molecule has 1 atom stereocenters. The highest BCUT2D eigenvalue weighted by Gasteiger charge is 2.18. The molecule has 1 heterocycles. The molecule has 0 aliphatic heterocycles. The largest absolute Gasteiger partial charge is 0.481 e. The maximum absolute atomic E-state index is 10.8. The van der Waals surface area contributed by atoms with E-state index in [4.69, 9.17) is 5.11 Å². The van der Waals surface area contributed by atoms with Crippen molar-refractivity contribution in [3.63, 3.8) is 0 Å². The topological polar surface area (TPSA) is 105 Å². The van der Waals surface area contributed by atoms with Crippen molar-refractivity contribution in [2.75, 3.05) is 5.32 Å². The van der Waals surface area contributed by atoms with Gasteiger partial charge < -0.3 is 10.4 Å². The molecule has 0 bridgehead atoms. The molecule has 1 aromatic rings. The standard InChI is InChI=1S/C12H16BrN3O4/c1-7(4-3-5-10(17)18)15-12-11(13)8(2)9(6-14-12)16(19)20/h6-7H,3-5H2,1-2H3,(H,14,15)(H,17,18). The zero-order valence-corrected chi connectivity index (χ0v) is 12.8. The number of carbonyl (C=O) groups is 1. The molecule has 0 aromatic carbocycles. The summed E-state index contributed by atoms with van der Waals surface area (Å²) in [5.41, 5.74) is 0.464. The van der Waals surface area contributed by atoms with Crippen molar-refractivity contribution >= 4 is 33.4 Å². The first-order valence-electron chi connectivity index (χ1n) is 6.10. The van der Waals surface area contributed by atoms with E-state index in [9.17, 15) is 14.9 Å². The van der Waals surface area contributed by atoms with Crippen LogP contribution in [0.2, 0.25) is 0 Å². The van der Waals surface area contributed by atoms with E-state index < -0.39 is 10.9 Å². The molecule has 0 radical (unpaired) electrons. The Morgan fingerprint density at radius 3 is 2.85 bits per heavy atom. The minimum atomic E-state index is -0.817. The Morgan fingerprint density at radius 1 is 1.65 bits per heavy atom. The molecule has 7 nitrogen and oxygen atoms in total. The number of hydrogen-bond donors (Lipinski definition) is 2. The number of nitro groups is 1. The van der Waals surface area contributed by atoms with Gasteiger partial charge in [0.05, 0.1) is 9.40 Å². The number of carboxylic acids is 1. The van der Waals surface area contributed by atoms with Crippen molar-refractivity contribution in [1.29, 1.82) is 0 Å². The van der Waals surface area contributed by atoms with Gasteiger partial charge >= 0.3 is 5.97 Å². The van der Waals surface area contributed by atoms with Gasteiger partial charge in [0.25, 0.3) is 5.69 Å². The minimum absolute atomic E-state index is 0.0269. The summed E-state index contributed by atoms with van der Waals surface area (Å²) in [5.74, 6) is -0.293. The molecule has 0 aliphatic rings. The van der Waals surface area contributed by atoms with Gasteiger partial charge in [-0.3, -0.25) is 14.9 Å². The number of nitrogens with zero attached hydrogens (tertiary/aromatic N) is 2. The summed E-state index contributed by atoms with van der Waals surface area (Å²) in [5, 5.41) is 22.5. The van der Waals surface area contributed by atoms with Crippen molar-refractivity contribution in [3.05, 3.63) is 26.3 Å². The summed E-state index contributed by atoms with van der Waals surface area (Å²) in [6, 6.07) is 0.0269. The van der Waals surface area contributed by atoms with Crippen LogP contribution in [-0.2, 0) is 4.79 Å². The fourth-order valence-electron chi connectivity index (χ4n) is 1.72. The van der Waals surface area contributed by atoms with Gasteiger partial charge in [-0.2, -0.15) is 0 Å². The van der Waals surface area contributed by atoms with E-state index in [1.165, 1.54) is 6.20 Å². The van der Waals surface area contributed by atoms with E-state index in [-0.39, 0.29) is 18.2 Å². The van der Waals surface area contributed by atoms with Crippen LogP contribution in [0.3, 0.4) is 0 Å². The minimum Gasteiger partial charge on any atom is -0.481 e. The van der Waals surface area contributed by atoms with Crippen LogP contribution in [0.5, 0.6) is 0 Å². The maximum Gasteiger partial charge on any atom is 0.303 e. The van der Waals surface area contributed by atoms with E-state index in [0.717, 1.165) is 0 Å². The third-order valence-electron chi connectivity index (χ3n) is 2.84. The Morgan fingerprint density at radius 2 is 2.30 bits per heavy atom. The van der Waals surface area contributed by atoms with Crippen molar-refractivity contribution in [2.45, 2.75) is 39.2 Å². The number of nitrogens with one attached hydrogen (secondary N) is 1. The summed E-state index contributed by atoms with van der Waals surface area (Å²) in [4.78, 5) is 24.8. The van der Waals surface area contributed by atoms with E-state index >= 15 is 0 Å². The average Bonchev–Trinajstić information content (AvgIpc) is 2.34. The van der Waals surface area contributed by atoms with E-state index in [1.54, 1.807) is 6.92 Å². The zero-order valence-electron chi connectivity index (χ0n) is 11.2. The highest BCUT2D eigenvalue weighted by atomic mass is 79.9. The molecule has 1 rings (SSSR count). The van der Waals surface area contributed by atoms with Crippen LogP contribution in [0.4, 0.5) is 11.5 Å². The number of carboxylic acid groups (broad SMARTS) is 1. The lowest BCUT2D eigenvalue weighted by Gasteiger charge is -2.15. The normalized spacial score (nSPS) is 11.9. The monoisotopic (exact) mass is 345 g/mol. The summed E-state index contributed by atoms with van der Waals surface area (Å²) in [7, 11) is 0. The number of hydrogen-bond acceptors (Lipinski definition) is 5. The highest BCUT2D eigenvalue weighted by molar-refractivity contribution is 9.10. The lowest BCUT2D eigenvalue weighted by molar-refractivity contribution is -0.385. The van der Waals surface area contributed by atoms with Gasteiger partial charge in [0, 0.05) is 18.0 Å². The second-order valence-electron chi connectivity index (χ2n) is 4.52. The van der Waals surface area contributed by atoms with Crippen LogP contribution < -0.4 is 5.32 Å². The second-order valence-corrected chi connectivity index (χ2v) is 5.31. The molecule has 0 saturated carbocycles. The van der Waals surface area contributed by atoms with Crippen LogP contribution in [0.1, 0.15) is 31.7 Å². The average molecular weight is 346 g/mol. The summed E-state index contributed by atoms with van der Waals surface area (Å²) >= 11 is 3.30. The first-order valence-corrected chi connectivity index (χ1v) is 6.90. The summed E-state index contributed by atoms with van der Waals surface area (Å²) in [6.45, 7) is 3.55. The van der Waals surface area contributed by atoms with Crippen molar-refractivity contribution in [1.82, 2.24) is 4.98 Å². The Labute approximate surface area is 124 Å². The molecule has 0 saturated heterocycles. The number of aromatic nitrogens is 1. The summed E-state index contributed by atoms with van der Waals surface area (Å²) in [6.07, 6.45) is 2.58. The van der Waals surface area contributed by atoms with Crippen LogP contribution in [0.25, 0.3) is 0 Å². The SMILES string of the molecule is Cc1c([N+](=O)[O-])cnc(NC(C)CCCC(=O)O)c1Br. The molecule has 20 heavy (non-hydrogen) atoms. The number of halogens is 1. The lowest BCUT2D eigenvalue weighted by atomic mass is 10.1. The molecule has 0 amide bonds. The van der Waals surface area contributed by atoms with Gasteiger partial charge in [0.2, 0.25) is 0 Å². The first-order chi connectivity index (χ1) is 9.32. The van der Waals surface area contributed by atoms with Crippen LogP contribution in [-0.4, -0.2) is 27.0 Å². The van der Waals surface area contributed by atoms with Gasteiger partial charge in [-0.05, 0) is 42.6 Å². The smallest absolute Gasteiger partial charge is 0.303 e.